The largest absolute Gasteiger partial charge is 0.293 e. The second-order valence-corrected chi connectivity index (χ2v) is 6.39. The molecule has 26 heavy (non-hydrogen) atoms. The van der Waals surface area contributed by atoms with Gasteiger partial charge >= 0.3 is 0 Å². The molecule has 0 aliphatic rings. The van der Waals surface area contributed by atoms with Crippen molar-refractivity contribution < 1.29 is 9.72 Å². The molecule has 3 rings (SSSR count). The van der Waals surface area contributed by atoms with Crippen LogP contribution in [0.2, 0.25) is 0 Å². The fourth-order valence-electron chi connectivity index (χ4n) is 2.47. The van der Waals surface area contributed by atoms with E-state index in [0.29, 0.717) is 17.1 Å². The topological polar surface area (TPSA) is 90.9 Å². The lowest BCUT2D eigenvalue weighted by molar-refractivity contribution is -0.384. The van der Waals surface area contributed by atoms with Gasteiger partial charge < -0.3 is 0 Å². The number of nitrogens with zero attached hydrogens (tertiary/aromatic N) is 4. The average molecular weight is 368 g/mol. The lowest BCUT2D eigenvalue weighted by atomic mass is 10.1. The van der Waals surface area contributed by atoms with Gasteiger partial charge in [-0.3, -0.25) is 19.5 Å². The minimum Gasteiger partial charge on any atom is -0.293 e. The fraction of sp³-hybridized carbons (Fsp3) is 0.167. The van der Waals surface area contributed by atoms with Gasteiger partial charge in [0.15, 0.2) is 10.9 Å². The summed E-state index contributed by atoms with van der Waals surface area (Å²) in [5, 5.41) is 19.9. The van der Waals surface area contributed by atoms with Crippen LogP contribution in [0, 0.1) is 10.1 Å². The Balaban J connectivity index is 1.80. The van der Waals surface area contributed by atoms with E-state index in [1.165, 1.54) is 30.0 Å². The van der Waals surface area contributed by atoms with Gasteiger partial charge in [0.25, 0.3) is 5.69 Å². The van der Waals surface area contributed by atoms with Crippen LogP contribution in [-0.4, -0.2) is 31.2 Å². The van der Waals surface area contributed by atoms with Gasteiger partial charge in [0.2, 0.25) is 0 Å². The maximum Gasteiger partial charge on any atom is 0.270 e. The van der Waals surface area contributed by atoms with Crippen molar-refractivity contribution in [3.8, 4) is 5.69 Å². The molecule has 0 spiro atoms. The maximum atomic E-state index is 12.4. The van der Waals surface area contributed by atoms with Crippen LogP contribution in [0.4, 0.5) is 5.69 Å². The van der Waals surface area contributed by atoms with Crippen molar-refractivity contribution in [2.75, 3.05) is 5.75 Å². The molecule has 0 aliphatic heterocycles. The number of hydrogen-bond donors (Lipinski definition) is 0. The molecule has 0 radical (unpaired) electrons. The molecule has 0 aliphatic carbocycles. The summed E-state index contributed by atoms with van der Waals surface area (Å²) in [6.07, 6.45) is 0.710. The monoisotopic (exact) mass is 368 g/mol. The number of rotatable bonds is 7. The molecule has 132 valence electrons. The highest BCUT2D eigenvalue weighted by molar-refractivity contribution is 7.99. The third kappa shape index (κ3) is 3.80. The third-order valence-corrected chi connectivity index (χ3v) is 4.67. The summed E-state index contributed by atoms with van der Waals surface area (Å²) in [6, 6.07) is 15.4. The summed E-state index contributed by atoms with van der Waals surface area (Å²) in [4.78, 5) is 22.8. The summed E-state index contributed by atoms with van der Waals surface area (Å²) >= 11 is 1.27. The molecule has 8 heteroatoms. The number of nitro benzene ring substituents is 1. The number of aryl methyl sites for hydroxylation is 1. The summed E-state index contributed by atoms with van der Waals surface area (Å²) in [6.45, 7) is 1.99. The maximum absolute atomic E-state index is 12.4. The summed E-state index contributed by atoms with van der Waals surface area (Å²) < 4.78 is 1.92. The first-order valence-electron chi connectivity index (χ1n) is 8.00. The number of aromatic nitrogens is 3. The van der Waals surface area contributed by atoms with E-state index in [4.69, 9.17) is 0 Å². The molecule has 0 saturated heterocycles. The van der Waals surface area contributed by atoms with Gasteiger partial charge in [-0.1, -0.05) is 49.0 Å². The van der Waals surface area contributed by atoms with E-state index in [0.717, 1.165) is 11.5 Å². The number of hydrogen-bond acceptors (Lipinski definition) is 6. The van der Waals surface area contributed by atoms with Gasteiger partial charge in [0.05, 0.1) is 10.7 Å². The smallest absolute Gasteiger partial charge is 0.270 e. The van der Waals surface area contributed by atoms with Gasteiger partial charge in [-0.05, 0) is 12.1 Å². The van der Waals surface area contributed by atoms with E-state index >= 15 is 0 Å². The van der Waals surface area contributed by atoms with Gasteiger partial charge in [-0.2, -0.15) is 0 Å². The summed E-state index contributed by atoms with van der Waals surface area (Å²) in [5.41, 5.74) is 1.15. The van der Waals surface area contributed by atoms with E-state index in [1.54, 1.807) is 6.07 Å². The number of thioether (sulfide) groups is 1. The quantitative estimate of drug-likeness (QED) is 0.273. The van der Waals surface area contributed by atoms with E-state index in [1.807, 2.05) is 41.8 Å². The third-order valence-electron chi connectivity index (χ3n) is 3.74. The van der Waals surface area contributed by atoms with Crippen LogP contribution in [-0.2, 0) is 6.42 Å². The zero-order valence-corrected chi connectivity index (χ0v) is 14.8. The number of nitro groups is 1. The van der Waals surface area contributed by atoms with Crippen molar-refractivity contribution in [3.05, 3.63) is 76.1 Å². The van der Waals surface area contributed by atoms with Crippen molar-refractivity contribution in [2.24, 2.45) is 0 Å². The number of Topliss-reactive ketones (excluding diaryl/α,β-unsaturated/α-hetero) is 1. The highest BCUT2D eigenvalue weighted by atomic mass is 32.2. The number of benzene rings is 2. The van der Waals surface area contributed by atoms with Crippen LogP contribution in [0.25, 0.3) is 5.69 Å². The number of para-hydroxylation sites is 1. The molecule has 0 bridgehead atoms. The van der Waals surface area contributed by atoms with Crippen LogP contribution in [0.3, 0.4) is 0 Å². The number of non-ortho nitro benzene ring substituents is 1. The Bertz CT molecular complexity index is 941. The SMILES string of the molecule is CCc1nnc(SCC(=O)c2cccc([N+](=O)[O-])c2)n1-c1ccccc1. The molecular weight excluding hydrogens is 352 g/mol. The molecule has 0 saturated carbocycles. The zero-order chi connectivity index (χ0) is 18.5. The Morgan fingerprint density at radius 2 is 1.92 bits per heavy atom. The predicted molar refractivity (Wildman–Crippen MR) is 98.9 cm³/mol. The van der Waals surface area contributed by atoms with E-state index in [2.05, 4.69) is 10.2 Å². The second kappa shape index (κ2) is 7.92. The lowest BCUT2D eigenvalue weighted by Gasteiger charge is -2.09. The Labute approximate surface area is 154 Å². The Hall–Kier alpha value is -3.00. The molecule has 2 aromatic carbocycles. The molecule has 7 nitrogen and oxygen atoms in total. The number of ketones is 1. The van der Waals surface area contributed by atoms with Crippen molar-refractivity contribution in [2.45, 2.75) is 18.5 Å². The lowest BCUT2D eigenvalue weighted by Crippen LogP contribution is -2.06. The van der Waals surface area contributed by atoms with Crippen molar-refractivity contribution in [3.63, 3.8) is 0 Å². The van der Waals surface area contributed by atoms with Gasteiger partial charge in [-0.25, -0.2) is 0 Å². The molecular formula is C18H16N4O3S. The standard InChI is InChI=1S/C18H16N4O3S/c1-2-17-19-20-18(21(17)14-8-4-3-5-9-14)26-12-16(23)13-7-6-10-15(11-13)22(24)25/h3-11H,2,12H2,1H3. The first kappa shape index (κ1) is 17.8. The van der Waals surface area contributed by atoms with Gasteiger partial charge in [0.1, 0.15) is 5.82 Å². The molecule has 3 aromatic rings. The van der Waals surface area contributed by atoms with Crippen LogP contribution in [0.1, 0.15) is 23.1 Å². The minimum absolute atomic E-state index is 0.0958. The molecule has 0 N–H and O–H groups in total. The fourth-order valence-corrected chi connectivity index (χ4v) is 3.33. The van der Waals surface area contributed by atoms with Crippen LogP contribution < -0.4 is 0 Å². The first-order valence-corrected chi connectivity index (χ1v) is 8.99. The Morgan fingerprint density at radius 1 is 1.15 bits per heavy atom. The summed E-state index contributed by atoms with van der Waals surface area (Å²) in [5.74, 6) is 0.733. The van der Waals surface area contributed by atoms with Gasteiger partial charge in [0, 0.05) is 29.8 Å². The molecule has 1 heterocycles. The van der Waals surface area contributed by atoms with Crippen molar-refractivity contribution in [1.82, 2.24) is 14.8 Å². The van der Waals surface area contributed by atoms with Crippen LogP contribution in [0.15, 0.2) is 59.8 Å². The van der Waals surface area contributed by atoms with Crippen LogP contribution >= 0.6 is 11.8 Å². The van der Waals surface area contributed by atoms with E-state index in [-0.39, 0.29) is 17.2 Å². The minimum atomic E-state index is -0.510. The first-order chi connectivity index (χ1) is 12.6. The van der Waals surface area contributed by atoms with E-state index in [9.17, 15) is 14.9 Å². The summed E-state index contributed by atoms with van der Waals surface area (Å²) in [7, 11) is 0. The molecule has 0 atom stereocenters. The Morgan fingerprint density at radius 3 is 2.62 bits per heavy atom. The normalized spacial score (nSPS) is 10.7. The van der Waals surface area contributed by atoms with Crippen molar-refractivity contribution >= 4 is 23.2 Å². The zero-order valence-electron chi connectivity index (χ0n) is 14.0. The predicted octanol–water partition coefficient (Wildman–Crippen LogP) is 3.71. The second-order valence-electron chi connectivity index (χ2n) is 5.44. The highest BCUT2D eigenvalue weighted by Crippen LogP contribution is 2.24. The highest BCUT2D eigenvalue weighted by Gasteiger charge is 2.16. The molecule has 0 fully saturated rings. The number of carbonyl (C=O) groups excluding carboxylic acids is 1. The number of carbonyl (C=O) groups is 1. The molecule has 0 amide bonds. The molecule has 0 unspecified atom stereocenters. The van der Waals surface area contributed by atoms with E-state index < -0.39 is 4.92 Å². The molecule has 1 aromatic heterocycles. The van der Waals surface area contributed by atoms with Crippen LogP contribution in [0.5, 0.6) is 0 Å². The average Bonchev–Trinajstić information content (AvgIpc) is 3.09. The Kier molecular flexibility index (Phi) is 5.43. The van der Waals surface area contributed by atoms with Gasteiger partial charge in [-0.15, -0.1) is 10.2 Å². The van der Waals surface area contributed by atoms with Crippen molar-refractivity contribution in [1.29, 1.82) is 0 Å².